The van der Waals surface area contributed by atoms with Crippen molar-refractivity contribution in [3.05, 3.63) is 75.5 Å². The maximum absolute atomic E-state index is 13.8. The van der Waals surface area contributed by atoms with Crippen molar-refractivity contribution in [2.75, 3.05) is 6.61 Å². The topological polar surface area (TPSA) is 119 Å². The average molecular weight is 462 g/mol. The largest absolute Gasteiger partial charge is 0.485 e. The number of nitrogens with zero attached hydrogens (tertiary/aromatic N) is 2. The van der Waals surface area contributed by atoms with Crippen molar-refractivity contribution in [3.63, 3.8) is 0 Å². The quantitative estimate of drug-likeness (QED) is 0.569. The van der Waals surface area contributed by atoms with Crippen LogP contribution in [0, 0.1) is 5.82 Å². The number of imide groups is 1. The number of hydrogen-bond acceptors (Lipinski definition) is 6. The van der Waals surface area contributed by atoms with Crippen molar-refractivity contribution in [2.24, 2.45) is 0 Å². The van der Waals surface area contributed by atoms with E-state index >= 15 is 0 Å². The summed E-state index contributed by atoms with van der Waals surface area (Å²) in [5, 5.41) is 10.1. The normalized spacial score (nSPS) is 17.4. The lowest BCUT2D eigenvalue weighted by atomic mass is 10.1. The molecule has 0 saturated carbocycles. The molecule has 1 aromatic heterocycles. The third-order valence-electron chi connectivity index (χ3n) is 5.82. The number of halogens is 1. The SMILES string of the molecule is O=C1CCC(n2ncc3cc(CNC(=O)C4=Cc5cccc(F)c5OC4)ccc3c2=O)C(=O)N1. The van der Waals surface area contributed by atoms with Gasteiger partial charge in [-0.1, -0.05) is 18.2 Å². The number of carbonyl (C=O) groups excluding carboxylic acids is 3. The zero-order chi connectivity index (χ0) is 23.8. The highest BCUT2D eigenvalue weighted by molar-refractivity contribution is 6.00. The van der Waals surface area contributed by atoms with Gasteiger partial charge in [-0.05, 0) is 36.3 Å². The van der Waals surface area contributed by atoms with Crippen LogP contribution >= 0.6 is 0 Å². The number of carbonyl (C=O) groups is 3. The molecule has 2 aliphatic heterocycles. The number of hydrogen-bond donors (Lipinski definition) is 2. The molecule has 9 nitrogen and oxygen atoms in total. The van der Waals surface area contributed by atoms with Gasteiger partial charge in [-0.3, -0.25) is 24.5 Å². The smallest absolute Gasteiger partial charge is 0.275 e. The Morgan fingerprint density at radius 1 is 1.24 bits per heavy atom. The molecule has 3 amide bonds. The monoisotopic (exact) mass is 462 g/mol. The summed E-state index contributed by atoms with van der Waals surface area (Å²) < 4.78 is 20.3. The number of piperidine rings is 1. The number of ether oxygens (including phenoxy) is 1. The van der Waals surface area contributed by atoms with Crippen LogP contribution in [0.25, 0.3) is 16.8 Å². The molecule has 0 aliphatic carbocycles. The van der Waals surface area contributed by atoms with E-state index in [-0.39, 0.29) is 43.6 Å². The Hall–Kier alpha value is -4.34. The first-order valence-electron chi connectivity index (χ1n) is 10.6. The molecule has 0 spiro atoms. The molecule has 1 atom stereocenters. The summed E-state index contributed by atoms with van der Waals surface area (Å²) >= 11 is 0. The molecular weight excluding hydrogens is 443 g/mol. The van der Waals surface area contributed by atoms with E-state index in [1.807, 2.05) is 0 Å². The highest BCUT2D eigenvalue weighted by atomic mass is 19.1. The van der Waals surface area contributed by atoms with Gasteiger partial charge in [0.2, 0.25) is 5.91 Å². The zero-order valence-corrected chi connectivity index (χ0v) is 17.8. The van der Waals surface area contributed by atoms with Crippen LogP contribution in [0.1, 0.15) is 30.0 Å². The van der Waals surface area contributed by atoms with Gasteiger partial charge in [-0.2, -0.15) is 5.10 Å². The van der Waals surface area contributed by atoms with E-state index in [1.165, 1.54) is 12.3 Å². The second-order valence-electron chi connectivity index (χ2n) is 8.08. The first-order valence-corrected chi connectivity index (χ1v) is 10.6. The molecule has 3 heterocycles. The van der Waals surface area contributed by atoms with Crippen LogP contribution in [-0.4, -0.2) is 34.1 Å². The van der Waals surface area contributed by atoms with Gasteiger partial charge in [0.1, 0.15) is 12.6 Å². The molecule has 1 unspecified atom stereocenters. The zero-order valence-electron chi connectivity index (χ0n) is 17.8. The summed E-state index contributed by atoms with van der Waals surface area (Å²) in [7, 11) is 0. The minimum absolute atomic E-state index is 0.0404. The summed E-state index contributed by atoms with van der Waals surface area (Å²) in [4.78, 5) is 48.9. The predicted molar refractivity (Wildman–Crippen MR) is 119 cm³/mol. The van der Waals surface area contributed by atoms with E-state index in [0.29, 0.717) is 21.9 Å². The van der Waals surface area contributed by atoms with Crippen molar-refractivity contribution in [2.45, 2.75) is 25.4 Å². The Morgan fingerprint density at radius 2 is 2.09 bits per heavy atom. The molecule has 0 bridgehead atoms. The molecular formula is C24H19FN4O5. The lowest BCUT2D eigenvalue weighted by molar-refractivity contribution is -0.136. The molecule has 1 fully saturated rings. The first kappa shape index (κ1) is 21.5. The van der Waals surface area contributed by atoms with Crippen LogP contribution in [0.3, 0.4) is 0 Å². The van der Waals surface area contributed by atoms with E-state index in [9.17, 15) is 23.6 Å². The molecule has 1 saturated heterocycles. The van der Waals surface area contributed by atoms with Crippen molar-refractivity contribution in [1.29, 1.82) is 0 Å². The number of rotatable bonds is 4. The number of benzene rings is 2. The minimum atomic E-state index is -0.835. The lowest BCUT2D eigenvalue weighted by Gasteiger charge is -2.21. The molecule has 172 valence electrons. The van der Waals surface area contributed by atoms with Crippen LogP contribution in [-0.2, 0) is 20.9 Å². The Balaban J connectivity index is 1.31. The number of fused-ring (bicyclic) bond motifs is 2. The molecule has 2 N–H and O–H groups in total. The van der Waals surface area contributed by atoms with E-state index in [1.54, 1.807) is 36.4 Å². The van der Waals surface area contributed by atoms with Gasteiger partial charge in [0.25, 0.3) is 17.4 Å². The molecule has 34 heavy (non-hydrogen) atoms. The fraction of sp³-hybridized carbons (Fsp3) is 0.208. The van der Waals surface area contributed by atoms with Gasteiger partial charge in [0.15, 0.2) is 11.6 Å². The summed E-state index contributed by atoms with van der Waals surface area (Å²) in [6, 6.07) is 8.73. The minimum Gasteiger partial charge on any atom is -0.485 e. The highest BCUT2D eigenvalue weighted by Crippen LogP contribution is 2.29. The standard InChI is InChI=1S/C24H19FN4O5/c25-18-3-1-2-14-9-16(12-34-21(14)18)22(31)26-10-13-4-5-17-15(8-13)11-27-29(24(17)33)19-6-7-20(30)28-23(19)32/h1-5,8-9,11,19H,6-7,10,12H2,(H,26,31)(H,28,30,32). The van der Waals surface area contributed by atoms with E-state index in [0.717, 1.165) is 10.2 Å². The van der Waals surface area contributed by atoms with Gasteiger partial charge in [-0.25, -0.2) is 9.07 Å². The number of amides is 3. The van der Waals surface area contributed by atoms with Gasteiger partial charge in [0.05, 0.1) is 17.2 Å². The summed E-state index contributed by atoms with van der Waals surface area (Å²) in [5.41, 5.74) is 1.18. The Labute approximate surface area is 192 Å². The van der Waals surface area contributed by atoms with Crippen molar-refractivity contribution < 1.29 is 23.5 Å². The van der Waals surface area contributed by atoms with Crippen LogP contribution in [0.5, 0.6) is 5.75 Å². The van der Waals surface area contributed by atoms with E-state index < -0.39 is 23.3 Å². The van der Waals surface area contributed by atoms with Gasteiger partial charge in [-0.15, -0.1) is 0 Å². The molecule has 2 aliphatic rings. The van der Waals surface area contributed by atoms with Crippen LogP contribution in [0.15, 0.2) is 53.0 Å². The molecule has 3 aromatic rings. The number of para-hydroxylation sites is 1. The number of aromatic nitrogens is 2. The second-order valence-corrected chi connectivity index (χ2v) is 8.08. The van der Waals surface area contributed by atoms with Crippen LogP contribution < -0.4 is 20.9 Å². The fourth-order valence-corrected chi connectivity index (χ4v) is 4.06. The third kappa shape index (κ3) is 3.94. The molecule has 0 radical (unpaired) electrons. The van der Waals surface area contributed by atoms with Gasteiger partial charge < -0.3 is 10.1 Å². The fourth-order valence-electron chi connectivity index (χ4n) is 4.06. The first-order chi connectivity index (χ1) is 16.4. The second kappa shape index (κ2) is 8.54. The third-order valence-corrected chi connectivity index (χ3v) is 5.82. The molecule has 2 aromatic carbocycles. The molecule has 5 rings (SSSR count). The lowest BCUT2D eigenvalue weighted by Crippen LogP contribution is -2.45. The van der Waals surface area contributed by atoms with E-state index in [2.05, 4.69) is 15.7 Å². The maximum Gasteiger partial charge on any atom is 0.275 e. The van der Waals surface area contributed by atoms with Crippen molar-refractivity contribution >= 4 is 34.6 Å². The Bertz CT molecular complexity index is 1450. The Morgan fingerprint density at radius 3 is 2.91 bits per heavy atom. The predicted octanol–water partition coefficient (Wildman–Crippen LogP) is 1.61. The van der Waals surface area contributed by atoms with Crippen LogP contribution in [0.4, 0.5) is 4.39 Å². The van der Waals surface area contributed by atoms with Gasteiger partial charge >= 0.3 is 0 Å². The highest BCUT2D eigenvalue weighted by Gasteiger charge is 2.30. The summed E-state index contributed by atoms with van der Waals surface area (Å²) in [6.07, 6.45) is 3.43. The van der Waals surface area contributed by atoms with Crippen molar-refractivity contribution in [3.8, 4) is 5.75 Å². The number of nitrogens with one attached hydrogen (secondary N) is 2. The van der Waals surface area contributed by atoms with E-state index in [4.69, 9.17) is 4.74 Å². The average Bonchev–Trinajstić information content (AvgIpc) is 2.83. The van der Waals surface area contributed by atoms with Crippen LogP contribution in [0.2, 0.25) is 0 Å². The summed E-state index contributed by atoms with van der Waals surface area (Å²) in [5.74, 6) is -1.61. The van der Waals surface area contributed by atoms with Crippen molar-refractivity contribution in [1.82, 2.24) is 20.4 Å². The summed E-state index contributed by atoms with van der Waals surface area (Å²) in [6.45, 7) is 0.152. The van der Waals surface area contributed by atoms with Gasteiger partial charge in [0, 0.05) is 23.9 Å². The Kier molecular flexibility index (Phi) is 5.40. The molecule has 10 heteroatoms. The maximum atomic E-state index is 13.8.